The molecule has 2 unspecified atom stereocenters. The molecule has 2 atom stereocenters. The SMILES string of the molecule is COc1ccc2[nH]c3c(c2c1)CC1(C)C(=O)N(CCCN2CCCCC2)C(=O)N1C3c1cccc(O)c1. The molecule has 0 radical (unpaired) electrons. The molecule has 6 rings (SSSR count). The van der Waals surface area contributed by atoms with Crippen molar-refractivity contribution in [1.29, 1.82) is 0 Å². The zero-order valence-electron chi connectivity index (χ0n) is 21.5. The third kappa shape index (κ3) is 3.85. The molecule has 8 nitrogen and oxygen atoms in total. The van der Waals surface area contributed by atoms with Crippen LogP contribution in [-0.4, -0.2) is 75.6 Å². The molecule has 8 heteroatoms. The van der Waals surface area contributed by atoms with Gasteiger partial charge in [0.05, 0.1) is 7.11 Å². The molecule has 1 aromatic heterocycles. The molecule has 3 aliphatic rings. The van der Waals surface area contributed by atoms with Crippen LogP contribution in [0.3, 0.4) is 0 Å². The number of methoxy groups -OCH3 is 1. The number of fused-ring (bicyclic) bond motifs is 4. The highest BCUT2D eigenvalue weighted by molar-refractivity contribution is 6.08. The molecule has 37 heavy (non-hydrogen) atoms. The highest BCUT2D eigenvalue weighted by Gasteiger charge is 2.60. The molecule has 3 aliphatic heterocycles. The van der Waals surface area contributed by atoms with Crippen molar-refractivity contribution < 1.29 is 19.4 Å². The topological polar surface area (TPSA) is 89.1 Å². The highest BCUT2D eigenvalue weighted by atomic mass is 16.5. The maximum atomic E-state index is 14.0. The van der Waals surface area contributed by atoms with E-state index in [9.17, 15) is 14.7 Å². The van der Waals surface area contributed by atoms with E-state index in [4.69, 9.17) is 4.74 Å². The number of hydrogen-bond acceptors (Lipinski definition) is 5. The van der Waals surface area contributed by atoms with Gasteiger partial charge in [-0.3, -0.25) is 14.6 Å². The van der Waals surface area contributed by atoms with E-state index in [2.05, 4.69) is 9.88 Å². The number of imide groups is 1. The number of phenolic OH excluding ortho intramolecular Hbond substituents is 1. The molecule has 0 saturated carbocycles. The van der Waals surface area contributed by atoms with Crippen LogP contribution in [0.15, 0.2) is 42.5 Å². The Balaban J connectivity index is 1.39. The number of piperidine rings is 1. The average molecular weight is 503 g/mol. The van der Waals surface area contributed by atoms with E-state index in [1.165, 1.54) is 24.2 Å². The summed E-state index contributed by atoms with van der Waals surface area (Å²) in [6, 6.07) is 12.1. The summed E-state index contributed by atoms with van der Waals surface area (Å²) in [5, 5.41) is 11.3. The monoisotopic (exact) mass is 502 g/mol. The Morgan fingerprint density at radius 1 is 1.08 bits per heavy atom. The lowest BCUT2D eigenvalue weighted by molar-refractivity contribution is -0.133. The fourth-order valence-corrected chi connectivity index (χ4v) is 6.49. The number of rotatable bonds is 6. The molecular weight excluding hydrogens is 468 g/mol. The quantitative estimate of drug-likeness (QED) is 0.487. The van der Waals surface area contributed by atoms with Gasteiger partial charge in [0.1, 0.15) is 23.1 Å². The summed E-state index contributed by atoms with van der Waals surface area (Å²) in [4.78, 5) is 37.1. The van der Waals surface area contributed by atoms with E-state index in [1.54, 1.807) is 30.2 Å². The van der Waals surface area contributed by atoms with E-state index < -0.39 is 11.6 Å². The lowest BCUT2D eigenvalue weighted by Gasteiger charge is -2.42. The number of H-pyrrole nitrogens is 1. The molecule has 0 aliphatic carbocycles. The van der Waals surface area contributed by atoms with E-state index in [0.717, 1.165) is 59.5 Å². The number of likely N-dealkylation sites (tertiary alicyclic amines) is 1. The van der Waals surface area contributed by atoms with Gasteiger partial charge in [0.15, 0.2) is 0 Å². The molecule has 2 saturated heterocycles. The Morgan fingerprint density at radius 3 is 2.65 bits per heavy atom. The zero-order valence-corrected chi connectivity index (χ0v) is 21.5. The summed E-state index contributed by atoms with van der Waals surface area (Å²) in [6.07, 6.45) is 4.90. The van der Waals surface area contributed by atoms with Gasteiger partial charge < -0.3 is 19.7 Å². The van der Waals surface area contributed by atoms with Crippen LogP contribution >= 0.6 is 0 Å². The second-order valence-corrected chi connectivity index (χ2v) is 10.7. The van der Waals surface area contributed by atoms with Crippen molar-refractivity contribution in [3.63, 3.8) is 0 Å². The van der Waals surface area contributed by atoms with Crippen molar-refractivity contribution in [2.24, 2.45) is 0 Å². The molecule has 4 heterocycles. The van der Waals surface area contributed by atoms with Gasteiger partial charge in [0.25, 0.3) is 5.91 Å². The molecular formula is C29H34N4O4. The maximum absolute atomic E-state index is 14.0. The van der Waals surface area contributed by atoms with E-state index in [0.29, 0.717) is 13.0 Å². The number of carbonyl (C=O) groups is 2. The number of aromatic amines is 1. The van der Waals surface area contributed by atoms with Gasteiger partial charge in [0, 0.05) is 29.6 Å². The van der Waals surface area contributed by atoms with Crippen LogP contribution in [0.2, 0.25) is 0 Å². The zero-order chi connectivity index (χ0) is 25.7. The third-order valence-corrected chi connectivity index (χ3v) is 8.36. The van der Waals surface area contributed by atoms with Crippen LogP contribution in [0.5, 0.6) is 11.5 Å². The second kappa shape index (κ2) is 9.10. The summed E-state index contributed by atoms with van der Waals surface area (Å²) in [7, 11) is 1.64. The van der Waals surface area contributed by atoms with Crippen LogP contribution in [0.4, 0.5) is 4.79 Å². The number of aromatic nitrogens is 1. The second-order valence-electron chi connectivity index (χ2n) is 10.7. The number of aromatic hydroxyl groups is 1. The van der Waals surface area contributed by atoms with Crippen LogP contribution in [0.25, 0.3) is 10.9 Å². The van der Waals surface area contributed by atoms with Gasteiger partial charge in [0.2, 0.25) is 0 Å². The van der Waals surface area contributed by atoms with E-state index >= 15 is 0 Å². The van der Waals surface area contributed by atoms with Gasteiger partial charge in [-0.1, -0.05) is 18.6 Å². The Hall–Kier alpha value is -3.52. The van der Waals surface area contributed by atoms with Crippen LogP contribution in [0, 0.1) is 0 Å². The highest BCUT2D eigenvalue weighted by Crippen LogP contribution is 2.49. The van der Waals surface area contributed by atoms with Gasteiger partial charge in [-0.2, -0.15) is 0 Å². The number of phenols is 1. The fraction of sp³-hybridized carbons (Fsp3) is 0.448. The van der Waals surface area contributed by atoms with Gasteiger partial charge in [-0.25, -0.2) is 4.79 Å². The number of benzene rings is 2. The number of nitrogens with zero attached hydrogens (tertiary/aromatic N) is 3. The Morgan fingerprint density at radius 2 is 1.89 bits per heavy atom. The van der Waals surface area contributed by atoms with Gasteiger partial charge >= 0.3 is 6.03 Å². The molecule has 3 aromatic rings. The van der Waals surface area contributed by atoms with Crippen LogP contribution in [0.1, 0.15) is 55.5 Å². The maximum Gasteiger partial charge on any atom is 0.328 e. The molecule has 3 amide bonds. The van der Waals surface area contributed by atoms with E-state index in [1.807, 2.05) is 31.2 Å². The summed E-state index contributed by atoms with van der Waals surface area (Å²) >= 11 is 0. The predicted octanol–water partition coefficient (Wildman–Crippen LogP) is 4.43. The largest absolute Gasteiger partial charge is 0.508 e. The number of hydrogen-bond donors (Lipinski definition) is 2. The molecule has 2 N–H and O–H groups in total. The molecule has 194 valence electrons. The van der Waals surface area contributed by atoms with Crippen molar-refractivity contribution in [2.75, 3.05) is 33.3 Å². The minimum atomic E-state index is -1.02. The first-order valence-electron chi connectivity index (χ1n) is 13.3. The third-order valence-electron chi connectivity index (χ3n) is 8.36. The minimum Gasteiger partial charge on any atom is -0.508 e. The average Bonchev–Trinajstić information content (AvgIpc) is 3.35. The van der Waals surface area contributed by atoms with Crippen molar-refractivity contribution in [2.45, 2.75) is 50.6 Å². The predicted molar refractivity (Wildman–Crippen MR) is 141 cm³/mol. The number of ether oxygens (including phenoxy) is 1. The first-order valence-corrected chi connectivity index (χ1v) is 13.3. The van der Waals surface area contributed by atoms with Crippen molar-refractivity contribution in [1.82, 2.24) is 19.7 Å². The first kappa shape index (κ1) is 23.9. The standard InChI is InChI=1S/C29H34N4O4/c1-29-18-23-22-17-21(37-2)10-11-24(22)30-25(23)26(19-8-6-9-20(34)16-19)33(29)28(36)32(27(29)35)15-7-14-31-12-4-3-5-13-31/h6,8-11,16-17,26,30,34H,3-5,7,12-15,18H2,1-2H3. The molecule has 0 bridgehead atoms. The van der Waals surface area contributed by atoms with Crippen LogP contribution < -0.4 is 4.74 Å². The number of nitrogens with one attached hydrogen (secondary N) is 1. The Labute approximate surface area is 216 Å². The molecule has 2 fully saturated rings. The van der Waals surface area contributed by atoms with Crippen LogP contribution in [-0.2, 0) is 11.2 Å². The van der Waals surface area contributed by atoms with Crippen molar-refractivity contribution >= 4 is 22.8 Å². The minimum absolute atomic E-state index is 0.125. The summed E-state index contributed by atoms with van der Waals surface area (Å²) in [6.45, 7) is 5.38. The number of amides is 3. The number of urea groups is 1. The summed E-state index contributed by atoms with van der Waals surface area (Å²) in [5.74, 6) is 0.716. The van der Waals surface area contributed by atoms with Gasteiger partial charge in [-0.15, -0.1) is 0 Å². The lowest BCUT2D eigenvalue weighted by Crippen LogP contribution is -2.53. The Kier molecular flexibility index (Phi) is 5.87. The fourth-order valence-electron chi connectivity index (χ4n) is 6.49. The smallest absolute Gasteiger partial charge is 0.328 e. The Bertz CT molecular complexity index is 1360. The molecule has 0 spiro atoms. The number of carbonyl (C=O) groups excluding carboxylic acids is 2. The van der Waals surface area contributed by atoms with E-state index in [-0.39, 0.29) is 17.7 Å². The van der Waals surface area contributed by atoms with Gasteiger partial charge in [-0.05, 0) is 87.3 Å². The lowest BCUT2D eigenvalue weighted by atomic mass is 9.81. The van der Waals surface area contributed by atoms with Crippen molar-refractivity contribution in [3.8, 4) is 11.5 Å². The molecule has 2 aromatic carbocycles. The van der Waals surface area contributed by atoms with Crippen molar-refractivity contribution in [3.05, 3.63) is 59.3 Å². The summed E-state index contributed by atoms with van der Waals surface area (Å²) < 4.78 is 5.48. The first-order chi connectivity index (χ1) is 17.9. The summed E-state index contributed by atoms with van der Waals surface area (Å²) in [5.41, 5.74) is 2.56. The normalized spacial score (nSPS) is 24.0.